The van der Waals surface area contributed by atoms with Crippen LogP contribution in [0.25, 0.3) is 0 Å². The van der Waals surface area contributed by atoms with Gasteiger partial charge in [-0.15, -0.1) is 0 Å². The molecular weight excluding hydrogens is 347 g/mol. The Morgan fingerprint density at radius 3 is 2.52 bits per heavy atom. The summed E-state index contributed by atoms with van der Waals surface area (Å²) in [5.74, 6) is -1.06. The molecule has 0 heterocycles. The van der Waals surface area contributed by atoms with E-state index >= 15 is 0 Å². The number of carbonyl (C=O) groups excluding carboxylic acids is 1. The van der Waals surface area contributed by atoms with Gasteiger partial charge in [0.1, 0.15) is 16.5 Å². The highest BCUT2D eigenvalue weighted by molar-refractivity contribution is 7.89. The van der Waals surface area contributed by atoms with E-state index in [1.54, 1.807) is 19.9 Å². The second-order valence-electron chi connectivity index (χ2n) is 5.03. The van der Waals surface area contributed by atoms with Gasteiger partial charge in [-0.2, -0.15) is 0 Å². The van der Waals surface area contributed by atoms with Gasteiger partial charge in [0.05, 0.1) is 12.3 Å². The van der Waals surface area contributed by atoms with Crippen LogP contribution >= 0.6 is 0 Å². The minimum atomic E-state index is -3.83. The molecule has 0 aliphatic carbocycles. The number of hydrogen-bond acceptors (Lipinski definition) is 4. The van der Waals surface area contributed by atoms with Crippen molar-refractivity contribution in [1.29, 1.82) is 0 Å². The van der Waals surface area contributed by atoms with Gasteiger partial charge in [0.15, 0.2) is 0 Å². The van der Waals surface area contributed by atoms with Crippen molar-refractivity contribution in [2.45, 2.75) is 18.7 Å². The second-order valence-corrected chi connectivity index (χ2v) is 6.77. The zero-order chi connectivity index (χ0) is 18.4. The fourth-order valence-corrected chi connectivity index (χ4v) is 3.37. The summed E-state index contributed by atoms with van der Waals surface area (Å²) >= 11 is 0. The molecule has 0 radical (unpaired) electrons. The van der Waals surface area contributed by atoms with Gasteiger partial charge in [-0.1, -0.05) is 19.1 Å². The van der Waals surface area contributed by atoms with Gasteiger partial charge in [0, 0.05) is 12.1 Å². The minimum absolute atomic E-state index is 0.0116. The highest BCUT2D eigenvalue weighted by atomic mass is 32.2. The van der Waals surface area contributed by atoms with E-state index in [9.17, 15) is 17.6 Å². The molecule has 2 N–H and O–H groups in total. The number of halogens is 1. The number of amides is 1. The number of sulfonamides is 1. The Labute approximate surface area is 146 Å². The van der Waals surface area contributed by atoms with Gasteiger partial charge in [-0.3, -0.25) is 4.79 Å². The molecule has 2 aromatic rings. The number of anilines is 1. The summed E-state index contributed by atoms with van der Waals surface area (Å²) in [5.41, 5.74) is 0.0839. The molecule has 25 heavy (non-hydrogen) atoms. The van der Waals surface area contributed by atoms with Crippen LogP contribution in [0.3, 0.4) is 0 Å². The van der Waals surface area contributed by atoms with E-state index in [0.717, 1.165) is 0 Å². The number of ether oxygens (including phenoxy) is 1. The average Bonchev–Trinajstić information content (AvgIpc) is 2.57. The first kappa shape index (κ1) is 18.9. The Morgan fingerprint density at radius 1 is 1.16 bits per heavy atom. The molecule has 8 heteroatoms. The third kappa shape index (κ3) is 4.55. The van der Waals surface area contributed by atoms with Gasteiger partial charge in [0.25, 0.3) is 5.91 Å². The largest absolute Gasteiger partial charge is 0.492 e. The maximum absolute atomic E-state index is 13.7. The van der Waals surface area contributed by atoms with Crippen LogP contribution in [0.4, 0.5) is 10.1 Å². The van der Waals surface area contributed by atoms with Crippen LogP contribution < -0.4 is 14.8 Å². The van der Waals surface area contributed by atoms with E-state index < -0.39 is 21.7 Å². The van der Waals surface area contributed by atoms with Crippen LogP contribution in [0.2, 0.25) is 0 Å². The average molecular weight is 366 g/mol. The molecule has 1 amide bonds. The predicted molar refractivity (Wildman–Crippen MR) is 92.8 cm³/mol. The third-order valence-corrected chi connectivity index (χ3v) is 4.82. The lowest BCUT2D eigenvalue weighted by molar-refractivity contribution is 0.102. The molecule has 0 bridgehead atoms. The van der Waals surface area contributed by atoms with Crippen LogP contribution in [-0.2, 0) is 10.0 Å². The molecule has 0 aliphatic rings. The molecule has 0 saturated heterocycles. The molecule has 134 valence electrons. The Morgan fingerprint density at radius 2 is 1.88 bits per heavy atom. The lowest BCUT2D eigenvalue weighted by Gasteiger charge is -2.13. The van der Waals surface area contributed by atoms with Gasteiger partial charge in [-0.05, 0) is 37.3 Å². The maximum Gasteiger partial charge on any atom is 0.255 e. The minimum Gasteiger partial charge on any atom is -0.492 e. The van der Waals surface area contributed by atoms with Crippen LogP contribution in [0.15, 0.2) is 47.4 Å². The van der Waals surface area contributed by atoms with Gasteiger partial charge in [0.2, 0.25) is 10.0 Å². The SMILES string of the molecule is CCNS(=O)(=O)c1cc(C(=O)Nc2ccccc2F)ccc1OCC. The summed E-state index contributed by atoms with van der Waals surface area (Å²) in [7, 11) is -3.83. The Kier molecular flexibility index (Phi) is 6.11. The molecular formula is C17H19FN2O4S. The lowest BCUT2D eigenvalue weighted by Crippen LogP contribution is -2.24. The van der Waals surface area contributed by atoms with Crippen molar-refractivity contribution in [3.8, 4) is 5.75 Å². The Balaban J connectivity index is 2.39. The van der Waals surface area contributed by atoms with Gasteiger partial charge < -0.3 is 10.1 Å². The van der Waals surface area contributed by atoms with E-state index in [-0.39, 0.29) is 35.0 Å². The van der Waals surface area contributed by atoms with Crippen LogP contribution in [0, 0.1) is 5.82 Å². The standard InChI is InChI=1S/C17H19FN2O4S/c1-3-19-25(22,23)16-11-12(9-10-15(16)24-4-2)17(21)20-14-8-6-5-7-13(14)18/h5-11,19H,3-4H2,1-2H3,(H,20,21). The monoisotopic (exact) mass is 366 g/mol. The summed E-state index contributed by atoms with van der Waals surface area (Å²) in [4.78, 5) is 12.2. The predicted octanol–water partition coefficient (Wildman–Crippen LogP) is 2.77. The van der Waals surface area contributed by atoms with Gasteiger partial charge in [-0.25, -0.2) is 17.5 Å². The van der Waals surface area contributed by atoms with Crippen LogP contribution in [-0.4, -0.2) is 27.5 Å². The number of para-hydroxylation sites is 1. The molecule has 2 rings (SSSR count). The lowest BCUT2D eigenvalue weighted by atomic mass is 10.2. The van der Waals surface area contributed by atoms with Crippen LogP contribution in [0.5, 0.6) is 5.75 Å². The summed E-state index contributed by atoms with van der Waals surface area (Å²) in [6.07, 6.45) is 0. The van der Waals surface area contributed by atoms with Crippen molar-refractivity contribution >= 4 is 21.6 Å². The molecule has 0 aliphatic heterocycles. The third-order valence-electron chi connectivity index (χ3n) is 3.25. The second kappa shape index (κ2) is 8.09. The van der Waals surface area contributed by atoms with Crippen molar-refractivity contribution in [3.05, 3.63) is 53.8 Å². The molecule has 0 saturated carbocycles. The van der Waals surface area contributed by atoms with Gasteiger partial charge >= 0.3 is 0 Å². The fourth-order valence-electron chi connectivity index (χ4n) is 2.16. The maximum atomic E-state index is 13.7. The highest BCUT2D eigenvalue weighted by Gasteiger charge is 2.21. The van der Waals surface area contributed by atoms with E-state index in [4.69, 9.17) is 4.74 Å². The molecule has 0 unspecified atom stereocenters. The first-order valence-electron chi connectivity index (χ1n) is 7.71. The fraction of sp³-hybridized carbons (Fsp3) is 0.235. The first-order valence-corrected chi connectivity index (χ1v) is 9.19. The molecule has 0 atom stereocenters. The highest BCUT2D eigenvalue weighted by Crippen LogP contribution is 2.26. The first-order chi connectivity index (χ1) is 11.9. The quantitative estimate of drug-likeness (QED) is 0.789. The molecule has 0 spiro atoms. The molecule has 6 nitrogen and oxygen atoms in total. The van der Waals surface area contributed by atoms with Crippen molar-refractivity contribution in [1.82, 2.24) is 4.72 Å². The molecule has 2 aromatic carbocycles. The van der Waals surface area contributed by atoms with Crippen molar-refractivity contribution in [3.63, 3.8) is 0 Å². The number of rotatable bonds is 7. The van der Waals surface area contributed by atoms with E-state index in [2.05, 4.69) is 10.0 Å². The Hall–Kier alpha value is -2.45. The van der Waals surface area contributed by atoms with Crippen molar-refractivity contribution < 1.29 is 22.3 Å². The summed E-state index contributed by atoms with van der Waals surface area (Å²) in [6, 6.07) is 9.75. The molecule has 0 fully saturated rings. The van der Waals surface area contributed by atoms with Crippen LogP contribution in [0.1, 0.15) is 24.2 Å². The van der Waals surface area contributed by atoms with E-state index in [0.29, 0.717) is 0 Å². The summed E-state index contributed by atoms with van der Waals surface area (Å²) < 4.78 is 46.0. The number of hydrogen-bond donors (Lipinski definition) is 2. The van der Waals surface area contributed by atoms with Crippen molar-refractivity contribution in [2.24, 2.45) is 0 Å². The summed E-state index contributed by atoms with van der Waals surface area (Å²) in [6.45, 7) is 3.84. The number of benzene rings is 2. The smallest absolute Gasteiger partial charge is 0.255 e. The van der Waals surface area contributed by atoms with E-state index in [1.165, 1.54) is 36.4 Å². The topological polar surface area (TPSA) is 84.5 Å². The zero-order valence-corrected chi connectivity index (χ0v) is 14.7. The van der Waals surface area contributed by atoms with Crippen molar-refractivity contribution in [2.75, 3.05) is 18.5 Å². The number of nitrogens with one attached hydrogen (secondary N) is 2. The van der Waals surface area contributed by atoms with E-state index in [1.807, 2.05) is 0 Å². The zero-order valence-electron chi connectivity index (χ0n) is 13.9. The summed E-state index contributed by atoms with van der Waals surface area (Å²) in [5, 5.41) is 2.42. The Bertz CT molecular complexity index is 869. The normalized spacial score (nSPS) is 11.2. The number of carbonyl (C=O) groups is 1. The molecule has 0 aromatic heterocycles.